The maximum Gasteiger partial charge on any atom is 0.286 e. The number of rotatable bonds is 6. The summed E-state index contributed by atoms with van der Waals surface area (Å²) in [5.74, 6) is 1.45. The number of methoxy groups -OCH3 is 1. The molecule has 1 fully saturated rings. The Hall–Kier alpha value is -3.71. The highest BCUT2D eigenvalue weighted by molar-refractivity contribution is 8.18. The number of amides is 1. The lowest BCUT2D eigenvalue weighted by atomic mass is 10.2. The van der Waals surface area contributed by atoms with Crippen molar-refractivity contribution in [2.75, 3.05) is 38.2 Å². The highest BCUT2D eigenvalue weighted by Gasteiger charge is 2.28. The van der Waals surface area contributed by atoms with Crippen LogP contribution in [0.5, 0.6) is 11.5 Å². The Kier molecular flexibility index (Phi) is 7.04. The summed E-state index contributed by atoms with van der Waals surface area (Å²) in [7, 11) is 1.67. The highest BCUT2D eigenvalue weighted by atomic mass is 32.2. The fraction of sp³-hybridized carbons (Fsp3) is 0.214. The van der Waals surface area contributed by atoms with Gasteiger partial charge in [0.15, 0.2) is 5.17 Å². The van der Waals surface area contributed by atoms with Crippen molar-refractivity contribution < 1.29 is 14.3 Å². The predicted octanol–water partition coefficient (Wildman–Crippen LogP) is 5.07. The molecule has 7 heteroatoms. The van der Waals surface area contributed by atoms with Gasteiger partial charge in [-0.2, -0.15) is 4.99 Å². The monoisotopic (exact) mass is 485 g/mol. The second-order valence-corrected chi connectivity index (χ2v) is 9.34. The van der Waals surface area contributed by atoms with Crippen molar-refractivity contribution in [3.8, 4) is 11.5 Å². The van der Waals surface area contributed by atoms with Gasteiger partial charge in [-0.15, -0.1) is 0 Å². The van der Waals surface area contributed by atoms with E-state index in [0.717, 1.165) is 54.0 Å². The van der Waals surface area contributed by atoms with Gasteiger partial charge in [-0.3, -0.25) is 4.79 Å². The number of ether oxygens (including phenoxy) is 2. The number of anilines is 1. The Balaban J connectivity index is 1.18. The van der Waals surface area contributed by atoms with E-state index < -0.39 is 0 Å². The number of hydrogen-bond donors (Lipinski definition) is 0. The van der Waals surface area contributed by atoms with E-state index in [0.29, 0.717) is 11.5 Å². The molecule has 5 rings (SSSR count). The SMILES string of the molecule is COc1ccc(N2CCN(C3=NC(=O)/C(=C/c4cccc(OCc5ccccc5)c4)S3)CC2)cc1. The zero-order valence-corrected chi connectivity index (χ0v) is 20.4. The Morgan fingerprint density at radius 1 is 0.886 bits per heavy atom. The summed E-state index contributed by atoms with van der Waals surface area (Å²) in [5.41, 5.74) is 3.22. The Bertz CT molecular complexity index is 1230. The van der Waals surface area contributed by atoms with Gasteiger partial charge < -0.3 is 19.3 Å². The van der Waals surface area contributed by atoms with Gasteiger partial charge in [0.1, 0.15) is 18.1 Å². The Labute approximate surface area is 209 Å². The molecule has 0 bridgehead atoms. The Morgan fingerprint density at radius 3 is 2.37 bits per heavy atom. The third-order valence-electron chi connectivity index (χ3n) is 6.00. The largest absolute Gasteiger partial charge is 0.497 e. The van der Waals surface area contributed by atoms with Crippen molar-refractivity contribution in [2.24, 2.45) is 4.99 Å². The lowest BCUT2D eigenvalue weighted by Crippen LogP contribution is -2.47. The molecule has 178 valence electrons. The van der Waals surface area contributed by atoms with Crippen molar-refractivity contribution in [2.45, 2.75) is 6.61 Å². The molecule has 0 N–H and O–H groups in total. The molecule has 3 aromatic carbocycles. The minimum absolute atomic E-state index is 0.182. The van der Waals surface area contributed by atoms with Crippen LogP contribution in [-0.4, -0.2) is 49.3 Å². The molecular weight excluding hydrogens is 458 g/mol. The number of benzene rings is 3. The summed E-state index contributed by atoms with van der Waals surface area (Å²) in [6.45, 7) is 3.90. The van der Waals surface area contributed by atoms with Crippen LogP contribution in [0.25, 0.3) is 6.08 Å². The van der Waals surface area contributed by atoms with E-state index >= 15 is 0 Å². The van der Waals surface area contributed by atoms with Gasteiger partial charge in [0.25, 0.3) is 5.91 Å². The summed E-state index contributed by atoms with van der Waals surface area (Å²) in [5, 5.41) is 0.784. The fourth-order valence-corrected chi connectivity index (χ4v) is 5.03. The number of piperazine rings is 1. The maximum atomic E-state index is 12.6. The molecule has 3 aromatic rings. The number of hydrogen-bond acceptors (Lipinski definition) is 6. The van der Waals surface area contributed by atoms with Gasteiger partial charge in [-0.1, -0.05) is 42.5 Å². The molecule has 0 aromatic heterocycles. The van der Waals surface area contributed by atoms with Crippen LogP contribution < -0.4 is 14.4 Å². The summed E-state index contributed by atoms with van der Waals surface area (Å²) in [6, 6.07) is 26.0. The first-order chi connectivity index (χ1) is 17.2. The number of nitrogens with zero attached hydrogens (tertiary/aromatic N) is 3. The molecule has 2 aliphatic heterocycles. The fourth-order valence-electron chi connectivity index (χ4n) is 4.07. The van der Waals surface area contributed by atoms with Gasteiger partial charge in [-0.05, 0) is 65.4 Å². The first kappa shape index (κ1) is 23.1. The van der Waals surface area contributed by atoms with Crippen molar-refractivity contribution >= 4 is 34.6 Å². The molecule has 0 aliphatic carbocycles. The topological polar surface area (TPSA) is 54.4 Å². The third kappa shape index (κ3) is 5.69. The average molecular weight is 486 g/mol. The summed E-state index contributed by atoms with van der Waals surface area (Å²) in [6.07, 6.45) is 1.90. The third-order valence-corrected chi connectivity index (χ3v) is 7.05. The molecule has 0 atom stereocenters. The van der Waals surface area contributed by atoms with E-state index in [1.807, 2.05) is 72.8 Å². The molecule has 35 heavy (non-hydrogen) atoms. The zero-order valence-electron chi connectivity index (χ0n) is 19.6. The number of amidine groups is 1. The quantitative estimate of drug-likeness (QED) is 0.455. The van der Waals surface area contributed by atoms with E-state index in [-0.39, 0.29) is 5.91 Å². The standard InChI is InChI=1S/C28H27N3O3S/c1-33-24-12-10-23(11-13-24)30-14-16-31(17-15-30)28-29-27(32)26(35-28)19-22-8-5-9-25(18-22)34-20-21-6-3-2-4-7-21/h2-13,18-19H,14-17,20H2,1H3/b26-19-. The lowest BCUT2D eigenvalue weighted by Gasteiger charge is -2.36. The normalized spacial score (nSPS) is 17.0. The van der Waals surface area contributed by atoms with E-state index in [1.54, 1.807) is 7.11 Å². The van der Waals surface area contributed by atoms with Crippen molar-refractivity contribution in [1.82, 2.24) is 4.90 Å². The second-order valence-electron chi connectivity index (χ2n) is 8.33. The Morgan fingerprint density at radius 2 is 1.63 bits per heavy atom. The molecule has 2 aliphatic rings. The van der Waals surface area contributed by atoms with E-state index in [1.165, 1.54) is 17.4 Å². The maximum absolute atomic E-state index is 12.6. The molecule has 0 unspecified atom stereocenters. The highest BCUT2D eigenvalue weighted by Crippen LogP contribution is 2.32. The van der Waals surface area contributed by atoms with Gasteiger partial charge in [0.2, 0.25) is 0 Å². The average Bonchev–Trinajstić information content (AvgIpc) is 3.28. The van der Waals surface area contributed by atoms with Crippen LogP contribution in [0.2, 0.25) is 0 Å². The molecule has 0 saturated carbocycles. The summed E-state index contributed by atoms with van der Waals surface area (Å²) >= 11 is 1.45. The van der Waals surface area contributed by atoms with Crippen LogP contribution in [0.3, 0.4) is 0 Å². The van der Waals surface area contributed by atoms with Crippen LogP contribution in [0.15, 0.2) is 88.8 Å². The smallest absolute Gasteiger partial charge is 0.286 e. The van der Waals surface area contributed by atoms with E-state index in [4.69, 9.17) is 9.47 Å². The van der Waals surface area contributed by atoms with Crippen LogP contribution in [0.4, 0.5) is 5.69 Å². The number of carbonyl (C=O) groups is 1. The van der Waals surface area contributed by atoms with Crippen molar-refractivity contribution in [3.05, 3.63) is 94.9 Å². The number of carbonyl (C=O) groups excluding carboxylic acids is 1. The zero-order chi connectivity index (χ0) is 24.0. The summed E-state index contributed by atoms with van der Waals surface area (Å²) < 4.78 is 11.2. The van der Waals surface area contributed by atoms with Gasteiger partial charge in [0, 0.05) is 31.9 Å². The molecule has 6 nitrogen and oxygen atoms in total. The van der Waals surface area contributed by atoms with Crippen LogP contribution in [-0.2, 0) is 11.4 Å². The molecule has 0 spiro atoms. The minimum atomic E-state index is -0.182. The summed E-state index contributed by atoms with van der Waals surface area (Å²) in [4.78, 5) is 22.1. The number of aliphatic imine (C=N–C) groups is 1. The molecular formula is C28H27N3O3S. The van der Waals surface area contributed by atoms with Gasteiger partial charge >= 0.3 is 0 Å². The number of thioether (sulfide) groups is 1. The molecule has 1 amide bonds. The molecule has 0 radical (unpaired) electrons. The van der Waals surface area contributed by atoms with Crippen molar-refractivity contribution in [1.29, 1.82) is 0 Å². The minimum Gasteiger partial charge on any atom is -0.497 e. The van der Waals surface area contributed by atoms with E-state index in [2.05, 4.69) is 26.9 Å². The first-order valence-corrected chi connectivity index (χ1v) is 12.4. The van der Waals surface area contributed by atoms with Crippen molar-refractivity contribution in [3.63, 3.8) is 0 Å². The predicted molar refractivity (Wildman–Crippen MR) is 142 cm³/mol. The molecule has 1 saturated heterocycles. The van der Waals surface area contributed by atoms with Gasteiger partial charge in [0.05, 0.1) is 12.0 Å². The second kappa shape index (κ2) is 10.7. The van der Waals surface area contributed by atoms with Crippen LogP contribution in [0, 0.1) is 0 Å². The van der Waals surface area contributed by atoms with Crippen LogP contribution >= 0.6 is 11.8 Å². The lowest BCUT2D eigenvalue weighted by molar-refractivity contribution is -0.113. The van der Waals surface area contributed by atoms with Crippen LogP contribution in [0.1, 0.15) is 11.1 Å². The molecule has 2 heterocycles. The van der Waals surface area contributed by atoms with E-state index in [9.17, 15) is 4.79 Å². The first-order valence-electron chi connectivity index (χ1n) is 11.6. The van der Waals surface area contributed by atoms with Gasteiger partial charge in [-0.25, -0.2) is 0 Å².